The van der Waals surface area contributed by atoms with Gasteiger partial charge >= 0.3 is 0 Å². The third-order valence-corrected chi connectivity index (χ3v) is 4.92. The fraction of sp³-hybridized carbons (Fsp3) is 0.250. The van der Waals surface area contributed by atoms with E-state index in [0.29, 0.717) is 10.3 Å². The molecule has 3 aromatic rings. The molecule has 26 heavy (non-hydrogen) atoms. The average Bonchev–Trinajstić information content (AvgIpc) is 3.24. The molecule has 1 amide bonds. The van der Waals surface area contributed by atoms with Crippen LogP contribution < -0.4 is 5.32 Å². The SMILES string of the molecule is CC(C)c1nc(SCC(=O)Nc2nc(-c3cc(F)ccc3F)cs2)n[nH]1. The molecule has 3 rings (SSSR count). The van der Waals surface area contributed by atoms with E-state index >= 15 is 0 Å². The summed E-state index contributed by atoms with van der Waals surface area (Å²) in [7, 11) is 0. The minimum atomic E-state index is -0.573. The number of carbonyl (C=O) groups excluding carboxylic acids is 1. The number of thioether (sulfide) groups is 1. The number of hydrogen-bond donors (Lipinski definition) is 2. The van der Waals surface area contributed by atoms with E-state index in [1.54, 1.807) is 5.38 Å². The molecular weight excluding hydrogens is 380 g/mol. The third-order valence-electron chi connectivity index (χ3n) is 3.32. The quantitative estimate of drug-likeness (QED) is 0.615. The van der Waals surface area contributed by atoms with Crippen LogP contribution in [0.1, 0.15) is 25.6 Å². The van der Waals surface area contributed by atoms with E-state index in [2.05, 4.69) is 25.5 Å². The van der Waals surface area contributed by atoms with Gasteiger partial charge in [-0.25, -0.2) is 18.7 Å². The van der Waals surface area contributed by atoms with Crippen LogP contribution in [0.3, 0.4) is 0 Å². The first kappa shape index (κ1) is 18.5. The lowest BCUT2D eigenvalue weighted by Gasteiger charge is -2.01. The Morgan fingerprint density at radius 3 is 2.88 bits per heavy atom. The summed E-state index contributed by atoms with van der Waals surface area (Å²) in [5, 5.41) is 11.8. The molecule has 0 atom stereocenters. The van der Waals surface area contributed by atoms with E-state index in [-0.39, 0.29) is 28.8 Å². The van der Waals surface area contributed by atoms with Crippen LogP contribution in [0.25, 0.3) is 11.3 Å². The number of hydrogen-bond acceptors (Lipinski definition) is 6. The summed E-state index contributed by atoms with van der Waals surface area (Å²) in [6.45, 7) is 3.98. The Bertz CT molecular complexity index is 925. The van der Waals surface area contributed by atoms with Crippen LogP contribution in [0, 0.1) is 11.6 Å². The number of carbonyl (C=O) groups is 1. The molecule has 0 aliphatic heterocycles. The molecule has 0 unspecified atom stereocenters. The number of H-pyrrole nitrogens is 1. The first-order chi connectivity index (χ1) is 12.4. The number of aromatic nitrogens is 4. The van der Waals surface area contributed by atoms with Crippen molar-refractivity contribution in [3.63, 3.8) is 0 Å². The maximum absolute atomic E-state index is 13.8. The number of nitrogens with zero attached hydrogens (tertiary/aromatic N) is 3. The molecule has 6 nitrogen and oxygen atoms in total. The van der Waals surface area contributed by atoms with Crippen LogP contribution >= 0.6 is 23.1 Å². The van der Waals surface area contributed by atoms with E-state index in [1.807, 2.05) is 13.8 Å². The number of thiazole rings is 1. The Labute approximate surface area is 156 Å². The first-order valence-corrected chi connectivity index (χ1v) is 9.55. The number of benzene rings is 1. The van der Waals surface area contributed by atoms with Gasteiger partial charge in [0.1, 0.15) is 17.5 Å². The van der Waals surface area contributed by atoms with Gasteiger partial charge in [0, 0.05) is 16.9 Å². The molecule has 0 aliphatic rings. The van der Waals surface area contributed by atoms with E-state index in [1.165, 1.54) is 11.8 Å². The van der Waals surface area contributed by atoms with Crippen LogP contribution in [0.2, 0.25) is 0 Å². The summed E-state index contributed by atoms with van der Waals surface area (Å²) in [6.07, 6.45) is 0. The monoisotopic (exact) mass is 395 g/mol. The van der Waals surface area contributed by atoms with Gasteiger partial charge in [0.15, 0.2) is 5.13 Å². The van der Waals surface area contributed by atoms with Gasteiger partial charge in [-0.2, -0.15) is 0 Å². The van der Waals surface area contributed by atoms with Crippen molar-refractivity contribution in [3.8, 4) is 11.3 Å². The predicted molar refractivity (Wildman–Crippen MR) is 97.3 cm³/mol. The molecule has 0 aliphatic carbocycles. The number of rotatable bonds is 6. The maximum Gasteiger partial charge on any atom is 0.236 e. The van der Waals surface area contributed by atoms with Crippen LogP contribution in [0.5, 0.6) is 0 Å². The molecule has 0 bridgehead atoms. The normalized spacial score (nSPS) is 11.1. The fourth-order valence-electron chi connectivity index (χ4n) is 2.01. The fourth-order valence-corrected chi connectivity index (χ4v) is 3.35. The van der Waals surface area contributed by atoms with Gasteiger partial charge in [-0.1, -0.05) is 25.6 Å². The molecule has 0 radical (unpaired) electrons. The minimum Gasteiger partial charge on any atom is -0.301 e. The standard InChI is InChI=1S/C16H15F2N5OS2/c1-8(2)14-21-16(23-22-14)26-7-13(24)20-15-19-12(6-25-15)10-5-9(17)3-4-11(10)18/h3-6,8H,7H2,1-2H3,(H,19,20,24)(H,21,22,23). The van der Waals surface area contributed by atoms with Gasteiger partial charge < -0.3 is 5.32 Å². The molecule has 2 aromatic heterocycles. The number of amides is 1. The van der Waals surface area contributed by atoms with Gasteiger partial charge in [0.05, 0.1) is 11.4 Å². The van der Waals surface area contributed by atoms with Gasteiger partial charge in [0.25, 0.3) is 0 Å². The van der Waals surface area contributed by atoms with Crippen molar-refractivity contribution < 1.29 is 13.6 Å². The summed E-state index contributed by atoms with van der Waals surface area (Å²) in [5.74, 6) is -0.318. The smallest absolute Gasteiger partial charge is 0.236 e. The molecule has 0 saturated heterocycles. The van der Waals surface area contributed by atoms with Crippen LogP contribution in [-0.4, -0.2) is 31.8 Å². The lowest BCUT2D eigenvalue weighted by atomic mass is 10.1. The Morgan fingerprint density at radius 2 is 2.15 bits per heavy atom. The van der Waals surface area contributed by atoms with Crippen molar-refractivity contribution in [2.75, 3.05) is 11.1 Å². The lowest BCUT2D eigenvalue weighted by molar-refractivity contribution is -0.113. The van der Waals surface area contributed by atoms with E-state index < -0.39 is 11.6 Å². The second-order valence-corrected chi connectivity index (χ2v) is 7.46. The minimum absolute atomic E-state index is 0.0538. The van der Waals surface area contributed by atoms with Gasteiger partial charge in [-0.15, -0.1) is 16.4 Å². The lowest BCUT2D eigenvalue weighted by Crippen LogP contribution is -2.13. The number of nitrogens with one attached hydrogen (secondary N) is 2. The van der Waals surface area contributed by atoms with Crippen LogP contribution in [0.4, 0.5) is 13.9 Å². The summed E-state index contributed by atoms with van der Waals surface area (Å²) < 4.78 is 27.1. The number of anilines is 1. The summed E-state index contributed by atoms with van der Waals surface area (Å²) >= 11 is 2.33. The Balaban J connectivity index is 1.59. The Hall–Kier alpha value is -2.33. The summed E-state index contributed by atoms with van der Waals surface area (Å²) in [5.41, 5.74) is 0.323. The van der Waals surface area contributed by atoms with Crippen molar-refractivity contribution in [3.05, 3.63) is 41.0 Å². The van der Waals surface area contributed by atoms with Crippen LogP contribution in [-0.2, 0) is 4.79 Å². The molecule has 0 fully saturated rings. The molecule has 0 spiro atoms. The van der Waals surface area contributed by atoms with Crippen molar-refractivity contribution in [1.82, 2.24) is 20.2 Å². The topological polar surface area (TPSA) is 83.6 Å². The zero-order valence-electron chi connectivity index (χ0n) is 13.9. The number of halogens is 2. The van der Waals surface area contributed by atoms with Crippen LogP contribution in [0.15, 0.2) is 28.7 Å². The molecule has 1 aromatic carbocycles. The van der Waals surface area contributed by atoms with Gasteiger partial charge in [-0.05, 0) is 18.2 Å². The highest BCUT2D eigenvalue weighted by Crippen LogP contribution is 2.28. The largest absolute Gasteiger partial charge is 0.301 e. The van der Waals surface area contributed by atoms with Gasteiger partial charge in [0.2, 0.25) is 11.1 Å². The molecular formula is C16H15F2N5OS2. The predicted octanol–water partition coefficient (Wildman–Crippen LogP) is 4.06. The average molecular weight is 395 g/mol. The van der Waals surface area contributed by atoms with Crippen molar-refractivity contribution in [1.29, 1.82) is 0 Å². The third kappa shape index (κ3) is 4.44. The zero-order valence-corrected chi connectivity index (χ0v) is 15.5. The molecule has 2 N–H and O–H groups in total. The maximum atomic E-state index is 13.8. The molecule has 2 heterocycles. The zero-order chi connectivity index (χ0) is 18.7. The summed E-state index contributed by atoms with van der Waals surface area (Å²) in [6, 6.07) is 3.15. The Morgan fingerprint density at radius 1 is 1.35 bits per heavy atom. The van der Waals surface area contributed by atoms with E-state index in [4.69, 9.17) is 0 Å². The van der Waals surface area contributed by atoms with Gasteiger partial charge in [-0.3, -0.25) is 9.89 Å². The molecule has 0 saturated carbocycles. The first-order valence-electron chi connectivity index (χ1n) is 7.68. The molecule has 136 valence electrons. The van der Waals surface area contributed by atoms with E-state index in [0.717, 1.165) is 35.4 Å². The van der Waals surface area contributed by atoms with E-state index in [9.17, 15) is 13.6 Å². The molecule has 10 heteroatoms. The second-order valence-electron chi connectivity index (χ2n) is 5.66. The highest BCUT2D eigenvalue weighted by Gasteiger charge is 2.14. The van der Waals surface area contributed by atoms with Crippen molar-refractivity contribution >= 4 is 34.1 Å². The van der Waals surface area contributed by atoms with Crippen molar-refractivity contribution in [2.45, 2.75) is 24.9 Å². The summed E-state index contributed by atoms with van der Waals surface area (Å²) in [4.78, 5) is 20.4. The highest BCUT2D eigenvalue weighted by atomic mass is 32.2. The highest BCUT2D eigenvalue weighted by molar-refractivity contribution is 7.99. The Kier molecular flexibility index (Phi) is 5.62. The number of aromatic amines is 1. The second kappa shape index (κ2) is 7.92. The van der Waals surface area contributed by atoms with Crippen molar-refractivity contribution in [2.24, 2.45) is 0 Å².